The molecular weight excluding hydrogens is 309 g/mol. The summed E-state index contributed by atoms with van der Waals surface area (Å²) in [4.78, 5) is 26.5. The summed E-state index contributed by atoms with van der Waals surface area (Å²) in [5.74, 6) is -1.06. The zero-order valence-corrected chi connectivity index (χ0v) is 12.5. The van der Waals surface area contributed by atoms with Crippen LogP contribution in [0.15, 0.2) is 41.2 Å². The Labute approximate surface area is 130 Å². The molecule has 122 valence electrons. The summed E-state index contributed by atoms with van der Waals surface area (Å²) >= 11 is 0. The summed E-state index contributed by atoms with van der Waals surface area (Å²) in [6.45, 7) is 3.13. The molecule has 1 amide bonds. The van der Waals surface area contributed by atoms with E-state index in [1.165, 1.54) is 37.3 Å². The number of nitrogens with one attached hydrogen (secondary N) is 2. The van der Waals surface area contributed by atoms with Gasteiger partial charge in [0, 0.05) is 5.69 Å². The second kappa shape index (κ2) is 6.28. The van der Waals surface area contributed by atoms with E-state index in [4.69, 9.17) is 0 Å². The first-order valence-electron chi connectivity index (χ1n) is 6.83. The van der Waals surface area contributed by atoms with Crippen LogP contribution in [0.2, 0.25) is 0 Å². The number of amides is 1. The highest BCUT2D eigenvalue weighted by molar-refractivity contribution is 5.95. The van der Waals surface area contributed by atoms with Crippen LogP contribution in [0, 0.1) is 13.8 Å². The third-order valence-corrected chi connectivity index (χ3v) is 3.33. The molecule has 0 fully saturated rings. The number of carbonyl (C=O) groups is 1. The largest absolute Gasteiger partial charge is 0.412 e. The van der Waals surface area contributed by atoms with Gasteiger partial charge in [-0.05, 0) is 31.0 Å². The van der Waals surface area contributed by atoms with Gasteiger partial charge in [-0.3, -0.25) is 9.59 Å². The van der Waals surface area contributed by atoms with Gasteiger partial charge in [0.2, 0.25) is 0 Å². The van der Waals surface area contributed by atoms with E-state index in [-0.39, 0.29) is 11.1 Å². The first-order chi connectivity index (χ1) is 10.7. The van der Waals surface area contributed by atoms with Gasteiger partial charge in [-0.25, -0.2) is 0 Å². The molecule has 0 aliphatic rings. The fourth-order valence-electron chi connectivity index (χ4n) is 2.34. The second-order valence-corrected chi connectivity index (χ2v) is 5.20. The molecule has 1 atom stereocenters. The maximum Gasteiger partial charge on any atom is 0.412 e. The molecule has 0 bridgehead atoms. The average Bonchev–Trinajstić information content (AvgIpc) is 2.43. The first-order valence-corrected chi connectivity index (χ1v) is 6.83. The minimum atomic E-state index is -4.68. The van der Waals surface area contributed by atoms with Crippen molar-refractivity contribution in [3.05, 3.63) is 69.1 Å². The van der Waals surface area contributed by atoms with Gasteiger partial charge in [-0.15, -0.1) is 0 Å². The number of pyridine rings is 1. The molecule has 0 radical (unpaired) electrons. The Hall–Kier alpha value is -2.57. The van der Waals surface area contributed by atoms with Crippen molar-refractivity contribution < 1.29 is 18.0 Å². The molecule has 23 heavy (non-hydrogen) atoms. The van der Waals surface area contributed by atoms with E-state index >= 15 is 0 Å². The lowest BCUT2D eigenvalue weighted by atomic mass is 10.0. The van der Waals surface area contributed by atoms with Crippen molar-refractivity contribution in [3.63, 3.8) is 0 Å². The molecule has 4 nitrogen and oxygen atoms in total. The minimum Gasteiger partial charge on any atom is -0.337 e. The number of H-pyrrole nitrogens is 1. The van der Waals surface area contributed by atoms with Gasteiger partial charge in [-0.1, -0.05) is 30.3 Å². The molecular formula is C16H15F3N2O2. The van der Waals surface area contributed by atoms with Crippen LogP contribution in [0.3, 0.4) is 0 Å². The summed E-state index contributed by atoms with van der Waals surface area (Å²) < 4.78 is 39.7. The second-order valence-electron chi connectivity index (χ2n) is 5.20. The molecule has 7 heteroatoms. The topological polar surface area (TPSA) is 62.0 Å². The Bertz CT molecular complexity index is 767. The zero-order chi connectivity index (χ0) is 17.2. The summed E-state index contributed by atoms with van der Waals surface area (Å²) in [5, 5.41) is 1.91. The lowest BCUT2D eigenvalue weighted by molar-refractivity contribution is -0.155. The molecule has 2 aromatic rings. The van der Waals surface area contributed by atoms with Gasteiger partial charge >= 0.3 is 6.18 Å². The maximum atomic E-state index is 13.2. The van der Waals surface area contributed by atoms with Crippen molar-refractivity contribution in [2.75, 3.05) is 0 Å². The zero-order valence-electron chi connectivity index (χ0n) is 12.5. The fourth-order valence-corrected chi connectivity index (χ4v) is 2.34. The average molecular weight is 324 g/mol. The molecule has 0 aliphatic carbocycles. The molecule has 0 unspecified atom stereocenters. The lowest BCUT2D eigenvalue weighted by Gasteiger charge is -2.22. The third-order valence-electron chi connectivity index (χ3n) is 3.33. The third kappa shape index (κ3) is 3.80. The quantitative estimate of drug-likeness (QED) is 0.911. The number of carbonyl (C=O) groups excluding carboxylic acids is 1. The standard InChI is InChI=1S/C16H15F3N2O2/c1-9-8-10(2)20-14(22)12(9)15(23)21-13(16(17,18)19)11-6-4-3-5-7-11/h3-8,13H,1-2H3,(H,20,22)(H,21,23)/t13-/m1/s1. The summed E-state index contributed by atoms with van der Waals surface area (Å²) in [5.41, 5.74) is -0.290. The van der Waals surface area contributed by atoms with Crippen molar-refractivity contribution in [1.29, 1.82) is 0 Å². The summed E-state index contributed by atoms with van der Waals surface area (Å²) in [7, 11) is 0. The SMILES string of the molecule is Cc1cc(C)c(C(=O)N[C@H](c2ccccc2)C(F)(F)F)c(=O)[nH]1. The van der Waals surface area contributed by atoms with E-state index in [9.17, 15) is 22.8 Å². The van der Waals surface area contributed by atoms with Crippen LogP contribution < -0.4 is 10.9 Å². The molecule has 1 aromatic carbocycles. The van der Waals surface area contributed by atoms with Crippen molar-refractivity contribution in [1.82, 2.24) is 10.3 Å². The van der Waals surface area contributed by atoms with Gasteiger partial charge in [-0.2, -0.15) is 13.2 Å². The van der Waals surface area contributed by atoms with E-state index in [0.717, 1.165) is 0 Å². The number of hydrogen-bond donors (Lipinski definition) is 2. The van der Waals surface area contributed by atoms with Crippen LogP contribution in [0.4, 0.5) is 13.2 Å². The number of halogens is 3. The molecule has 1 aromatic heterocycles. The van der Waals surface area contributed by atoms with Gasteiger partial charge in [0.15, 0.2) is 6.04 Å². The molecule has 2 rings (SSSR count). The van der Waals surface area contributed by atoms with Crippen molar-refractivity contribution in [3.8, 4) is 0 Å². The summed E-state index contributed by atoms with van der Waals surface area (Å²) in [6, 6.07) is 6.36. The van der Waals surface area contributed by atoms with E-state index in [2.05, 4.69) is 4.98 Å². The monoisotopic (exact) mass is 324 g/mol. The number of aromatic nitrogens is 1. The first kappa shape index (κ1) is 16.8. The maximum absolute atomic E-state index is 13.2. The molecule has 0 saturated carbocycles. The van der Waals surface area contributed by atoms with Gasteiger partial charge in [0.05, 0.1) is 0 Å². The van der Waals surface area contributed by atoms with Crippen LogP contribution in [0.1, 0.15) is 33.2 Å². The van der Waals surface area contributed by atoms with E-state index in [1.54, 1.807) is 13.0 Å². The number of aromatic amines is 1. The Balaban J connectivity index is 2.38. The minimum absolute atomic E-state index is 0.102. The van der Waals surface area contributed by atoms with Crippen molar-refractivity contribution in [2.24, 2.45) is 0 Å². The Morgan fingerprint density at radius 3 is 2.30 bits per heavy atom. The van der Waals surface area contributed by atoms with Crippen molar-refractivity contribution in [2.45, 2.75) is 26.1 Å². The smallest absolute Gasteiger partial charge is 0.337 e. The molecule has 2 N–H and O–H groups in total. The Kier molecular flexibility index (Phi) is 4.58. The van der Waals surface area contributed by atoms with Crippen LogP contribution in [-0.4, -0.2) is 17.1 Å². The van der Waals surface area contributed by atoms with Gasteiger partial charge in [0.25, 0.3) is 11.5 Å². The molecule has 0 spiro atoms. The van der Waals surface area contributed by atoms with E-state index in [1.807, 2.05) is 5.32 Å². The van der Waals surface area contributed by atoms with Crippen LogP contribution in [0.25, 0.3) is 0 Å². The number of aryl methyl sites for hydroxylation is 2. The highest BCUT2D eigenvalue weighted by Crippen LogP contribution is 2.32. The molecule has 1 heterocycles. The number of benzene rings is 1. The number of rotatable bonds is 3. The Morgan fingerprint density at radius 1 is 1.17 bits per heavy atom. The fraction of sp³-hybridized carbons (Fsp3) is 0.250. The lowest BCUT2D eigenvalue weighted by Crippen LogP contribution is -2.40. The number of alkyl halides is 3. The van der Waals surface area contributed by atoms with E-state index in [0.29, 0.717) is 11.3 Å². The molecule has 0 aliphatic heterocycles. The highest BCUT2D eigenvalue weighted by Gasteiger charge is 2.42. The predicted molar refractivity (Wildman–Crippen MR) is 79.2 cm³/mol. The number of hydrogen-bond acceptors (Lipinski definition) is 2. The van der Waals surface area contributed by atoms with Crippen LogP contribution in [0.5, 0.6) is 0 Å². The normalized spacial score (nSPS) is 12.7. The van der Waals surface area contributed by atoms with Crippen LogP contribution in [-0.2, 0) is 0 Å². The highest BCUT2D eigenvalue weighted by atomic mass is 19.4. The van der Waals surface area contributed by atoms with Gasteiger partial charge in [0.1, 0.15) is 5.56 Å². The van der Waals surface area contributed by atoms with Crippen LogP contribution >= 0.6 is 0 Å². The van der Waals surface area contributed by atoms with Gasteiger partial charge < -0.3 is 10.3 Å². The molecule has 0 saturated heterocycles. The Morgan fingerprint density at radius 2 is 1.78 bits per heavy atom. The van der Waals surface area contributed by atoms with Crippen molar-refractivity contribution >= 4 is 5.91 Å². The predicted octanol–water partition coefficient (Wildman–Crippen LogP) is 3.03. The summed E-state index contributed by atoms with van der Waals surface area (Å²) in [6.07, 6.45) is -4.68. The van der Waals surface area contributed by atoms with E-state index < -0.39 is 23.7 Å².